The molecular weight excluding hydrogens is 306 g/mol. The van der Waals surface area contributed by atoms with E-state index in [-0.39, 0.29) is 24.0 Å². The maximum Gasteiger partial charge on any atom is 0.227 e. The lowest BCUT2D eigenvalue weighted by molar-refractivity contribution is -0.120. The van der Waals surface area contributed by atoms with Crippen LogP contribution in [-0.2, 0) is 17.6 Å². The minimum atomic E-state index is -0.311. The molecule has 2 rings (SSSR count). The highest BCUT2D eigenvalue weighted by molar-refractivity contribution is 6.30. The topological polar surface area (TPSA) is 85.1 Å². The summed E-state index contributed by atoms with van der Waals surface area (Å²) in [6, 6.07) is 6.73. The number of amides is 1. The van der Waals surface area contributed by atoms with Crippen molar-refractivity contribution in [2.24, 2.45) is 5.92 Å². The van der Waals surface area contributed by atoms with Gasteiger partial charge in [0.05, 0.1) is 6.42 Å². The molecule has 0 saturated carbocycles. The van der Waals surface area contributed by atoms with Crippen molar-refractivity contribution in [3.05, 3.63) is 46.6 Å². The van der Waals surface area contributed by atoms with Crippen molar-refractivity contribution in [3.63, 3.8) is 0 Å². The molecule has 1 atom stereocenters. The number of likely N-dealkylation sites (N-methyl/N-ethyl adjacent to an activating group) is 1. The maximum atomic E-state index is 12.3. The number of Topliss-reactive ketones (excluding diaryl/α,β-unsaturated/α-hetero) is 1. The van der Waals surface area contributed by atoms with Crippen LogP contribution in [-0.4, -0.2) is 28.9 Å². The van der Waals surface area contributed by atoms with Crippen LogP contribution in [0.5, 0.6) is 0 Å². The fourth-order valence-electron chi connectivity index (χ4n) is 1.93. The Hall–Kier alpha value is -2.21. The Balaban J connectivity index is 1.99. The monoisotopic (exact) mass is 321 g/mol. The molecule has 116 valence electrons. The van der Waals surface area contributed by atoms with Crippen LogP contribution < -0.4 is 5.32 Å². The fraction of sp³-hybridized carbons (Fsp3) is 0.333. The number of hydrogen-bond donors (Lipinski definition) is 1. The number of nitrogens with one attached hydrogen (secondary N) is 1. The van der Waals surface area contributed by atoms with Gasteiger partial charge in [-0.25, -0.2) is 0 Å². The molecule has 1 aromatic carbocycles. The van der Waals surface area contributed by atoms with Crippen molar-refractivity contribution in [2.45, 2.75) is 19.8 Å². The molecule has 2 aromatic rings. The van der Waals surface area contributed by atoms with Gasteiger partial charge in [0.15, 0.2) is 11.6 Å². The Morgan fingerprint density at radius 2 is 2.00 bits per heavy atom. The van der Waals surface area contributed by atoms with E-state index in [4.69, 9.17) is 16.1 Å². The van der Waals surface area contributed by atoms with E-state index >= 15 is 0 Å². The second-order valence-corrected chi connectivity index (χ2v) is 5.37. The minimum Gasteiger partial charge on any atom is -0.359 e. The largest absolute Gasteiger partial charge is 0.359 e. The van der Waals surface area contributed by atoms with Gasteiger partial charge in [0.25, 0.3) is 0 Å². The van der Waals surface area contributed by atoms with Gasteiger partial charge in [-0.3, -0.25) is 9.59 Å². The third-order valence-corrected chi connectivity index (χ3v) is 3.42. The minimum absolute atomic E-state index is 0.0253. The molecule has 1 heterocycles. The first-order valence-corrected chi connectivity index (χ1v) is 7.19. The van der Waals surface area contributed by atoms with Gasteiger partial charge < -0.3 is 9.84 Å². The second kappa shape index (κ2) is 7.17. The van der Waals surface area contributed by atoms with Crippen LogP contribution in [0.3, 0.4) is 0 Å². The summed E-state index contributed by atoms with van der Waals surface area (Å²) in [5.41, 5.74) is 0.585. The number of benzene rings is 1. The van der Waals surface area contributed by atoms with Crippen LogP contribution in [0.1, 0.15) is 29.0 Å². The van der Waals surface area contributed by atoms with Crippen LogP contribution >= 0.6 is 11.6 Å². The fourth-order valence-corrected chi connectivity index (χ4v) is 2.06. The maximum absolute atomic E-state index is 12.3. The van der Waals surface area contributed by atoms with E-state index in [0.717, 1.165) is 0 Å². The molecule has 7 heteroatoms. The van der Waals surface area contributed by atoms with E-state index in [0.29, 0.717) is 28.7 Å². The average molecular weight is 322 g/mol. The summed E-state index contributed by atoms with van der Waals surface area (Å²) in [5.74, 6) is 0.115. The lowest BCUT2D eigenvalue weighted by Crippen LogP contribution is -2.20. The Labute approximate surface area is 132 Å². The molecule has 0 spiro atoms. The first-order valence-electron chi connectivity index (χ1n) is 6.81. The van der Waals surface area contributed by atoms with Crippen LogP contribution in [0.2, 0.25) is 5.02 Å². The predicted octanol–water partition coefficient (Wildman–Crippen LogP) is 2.07. The summed E-state index contributed by atoms with van der Waals surface area (Å²) >= 11 is 5.80. The highest BCUT2D eigenvalue weighted by atomic mass is 35.5. The SMILES string of the molecule is CNC(=O)Cc1noc(C[C@@H](C)C(=O)c2ccc(Cl)cc2)n1. The summed E-state index contributed by atoms with van der Waals surface area (Å²) in [6.07, 6.45) is 0.377. The molecular formula is C15H16ClN3O3. The molecule has 0 aliphatic carbocycles. The van der Waals surface area contributed by atoms with Gasteiger partial charge >= 0.3 is 0 Å². The van der Waals surface area contributed by atoms with Gasteiger partial charge in [0.1, 0.15) is 0 Å². The van der Waals surface area contributed by atoms with E-state index in [9.17, 15) is 9.59 Å². The van der Waals surface area contributed by atoms with E-state index in [1.165, 1.54) is 7.05 Å². The Morgan fingerprint density at radius 3 is 2.64 bits per heavy atom. The number of halogens is 1. The van der Waals surface area contributed by atoms with E-state index in [2.05, 4.69) is 15.5 Å². The molecule has 0 saturated heterocycles. The van der Waals surface area contributed by atoms with E-state index < -0.39 is 0 Å². The van der Waals surface area contributed by atoms with Gasteiger partial charge in [0.2, 0.25) is 11.8 Å². The molecule has 0 unspecified atom stereocenters. The molecule has 0 aliphatic heterocycles. The van der Waals surface area contributed by atoms with Gasteiger partial charge in [-0.1, -0.05) is 23.7 Å². The lowest BCUT2D eigenvalue weighted by Gasteiger charge is -2.07. The molecule has 1 amide bonds. The Bertz CT molecular complexity index is 667. The van der Waals surface area contributed by atoms with Crippen LogP contribution in [0, 0.1) is 5.92 Å². The molecule has 6 nitrogen and oxygen atoms in total. The van der Waals surface area contributed by atoms with Crippen LogP contribution in [0.4, 0.5) is 0 Å². The number of ketones is 1. The molecule has 1 aromatic heterocycles. The third kappa shape index (κ3) is 4.14. The zero-order valence-electron chi connectivity index (χ0n) is 12.3. The standard InChI is InChI=1S/C15H16ClN3O3/c1-9(15(21)10-3-5-11(16)6-4-10)7-14-18-12(19-22-14)8-13(20)17-2/h3-6,9H,7-8H2,1-2H3,(H,17,20)/t9-/m1/s1. The van der Waals surface area contributed by atoms with E-state index in [1.54, 1.807) is 31.2 Å². The van der Waals surface area contributed by atoms with Gasteiger partial charge in [0, 0.05) is 30.0 Å². The Morgan fingerprint density at radius 1 is 1.32 bits per heavy atom. The van der Waals surface area contributed by atoms with Crippen molar-refractivity contribution in [2.75, 3.05) is 7.05 Å². The molecule has 0 bridgehead atoms. The van der Waals surface area contributed by atoms with Crippen molar-refractivity contribution in [1.82, 2.24) is 15.5 Å². The number of hydrogen-bond acceptors (Lipinski definition) is 5. The summed E-state index contributed by atoms with van der Waals surface area (Å²) in [5, 5.41) is 6.79. The molecule has 0 fully saturated rings. The Kier molecular flexibility index (Phi) is 5.27. The summed E-state index contributed by atoms with van der Waals surface area (Å²) in [6.45, 7) is 1.79. The third-order valence-electron chi connectivity index (χ3n) is 3.16. The molecule has 1 N–H and O–H groups in total. The molecule has 0 aliphatic rings. The van der Waals surface area contributed by atoms with Gasteiger partial charge in [-0.2, -0.15) is 4.98 Å². The quantitative estimate of drug-likeness (QED) is 0.823. The number of nitrogens with zero attached hydrogens (tertiary/aromatic N) is 2. The summed E-state index contributed by atoms with van der Waals surface area (Å²) in [4.78, 5) is 27.6. The zero-order chi connectivity index (χ0) is 16.1. The second-order valence-electron chi connectivity index (χ2n) is 4.93. The molecule has 0 radical (unpaired) electrons. The van der Waals surface area contributed by atoms with Gasteiger partial charge in [-0.15, -0.1) is 0 Å². The van der Waals surface area contributed by atoms with Crippen LogP contribution in [0.25, 0.3) is 0 Å². The summed E-state index contributed by atoms with van der Waals surface area (Å²) < 4.78 is 5.07. The smallest absolute Gasteiger partial charge is 0.227 e. The number of carbonyl (C=O) groups excluding carboxylic acids is 2. The van der Waals surface area contributed by atoms with Crippen molar-refractivity contribution < 1.29 is 14.1 Å². The first kappa shape index (κ1) is 16.2. The number of carbonyl (C=O) groups is 2. The average Bonchev–Trinajstić information content (AvgIpc) is 2.94. The first-order chi connectivity index (χ1) is 10.5. The van der Waals surface area contributed by atoms with Crippen molar-refractivity contribution in [3.8, 4) is 0 Å². The van der Waals surface area contributed by atoms with Crippen LogP contribution in [0.15, 0.2) is 28.8 Å². The zero-order valence-corrected chi connectivity index (χ0v) is 13.1. The predicted molar refractivity (Wildman–Crippen MR) is 80.7 cm³/mol. The van der Waals surface area contributed by atoms with Gasteiger partial charge in [-0.05, 0) is 24.3 Å². The summed E-state index contributed by atoms with van der Waals surface area (Å²) in [7, 11) is 1.54. The van der Waals surface area contributed by atoms with Crippen molar-refractivity contribution >= 4 is 23.3 Å². The lowest BCUT2D eigenvalue weighted by atomic mass is 9.96. The van der Waals surface area contributed by atoms with Crippen molar-refractivity contribution in [1.29, 1.82) is 0 Å². The highest BCUT2D eigenvalue weighted by Gasteiger charge is 2.19. The normalized spacial score (nSPS) is 12.0. The molecule has 22 heavy (non-hydrogen) atoms. The number of rotatable bonds is 6. The van der Waals surface area contributed by atoms with E-state index in [1.807, 2.05) is 0 Å². The highest BCUT2D eigenvalue weighted by Crippen LogP contribution is 2.16. The number of aromatic nitrogens is 2.